The summed E-state index contributed by atoms with van der Waals surface area (Å²) in [6.07, 6.45) is 0. The van der Waals surface area contributed by atoms with E-state index in [1.165, 1.54) is 12.5 Å². The van der Waals surface area contributed by atoms with E-state index in [9.17, 15) is 9.59 Å². The number of Topliss-reactive ketones (excluding diaryl/α,β-unsaturated/α-hetero) is 1. The third kappa shape index (κ3) is 4.00. The number of carbonyl (C=O) groups excluding carboxylic acids is 2. The largest absolute Gasteiger partial charge is 0.326 e. The van der Waals surface area contributed by atoms with Gasteiger partial charge < -0.3 is 11.1 Å². The van der Waals surface area contributed by atoms with Crippen LogP contribution in [-0.2, 0) is 4.79 Å². The fourth-order valence-corrected chi connectivity index (χ4v) is 3.46. The molecule has 1 amide bonds. The van der Waals surface area contributed by atoms with Gasteiger partial charge in [0.25, 0.3) is 0 Å². The first kappa shape index (κ1) is 18.3. The zero-order chi connectivity index (χ0) is 18.7. The van der Waals surface area contributed by atoms with Crippen molar-refractivity contribution in [2.75, 3.05) is 18.4 Å². The maximum absolute atomic E-state index is 12.7. The van der Waals surface area contributed by atoms with Crippen LogP contribution in [-0.4, -0.2) is 41.8 Å². The molecule has 0 spiro atoms. The van der Waals surface area contributed by atoms with Gasteiger partial charge >= 0.3 is 0 Å². The molecule has 3 rings (SSSR count). The average Bonchev–Trinajstić information content (AvgIpc) is 3.03. The number of nitrogens with one attached hydrogen (secondary N) is 1. The standard InChI is InChI=1S/C21H25N3O2/c1-14(21(26)23-18-10-6-9-17(11-18)15(2)25)24-12-19(20(22)13-24)16-7-4-3-5-8-16/h3-11,14,19-20H,12-13,22H2,1-2H3,(H,23,26)/t14?,19-,20+/m0/s1. The highest BCUT2D eigenvalue weighted by molar-refractivity contribution is 5.98. The SMILES string of the molecule is CC(=O)c1cccc(NC(=O)C(C)N2C[C@@H](N)[C@H](c3ccccc3)C2)c1. The fourth-order valence-electron chi connectivity index (χ4n) is 3.46. The molecule has 0 bridgehead atoms. The molecule has 1 fully saturated rings. The van der Waals surface area contributed by atoms with Crippen LogP contribution < -0.4 is 11.1 Å². The van der Waals surface area contributed by atoms with Crippen molar-refractivity contribution in [1.82, 2.24) is 4.90 Å². The van der Waals surface area contributed by atoms with Crippen molar-refractivity contribution in [3.8, 4) is 0 Å². The van der Waals surface area contributed by atoms with Gasteiger partial charge in [-0.15, -0.1) is 0 Å². The molecule has 3 atom stereocenters. The molecule has 2 aromatic carbocycles. The summed E-state index contributed by atoms with van der Waals surface area (Å²) in [5, 5.41) is 2.91. The Labute approximate surface area is 154 Å². The van der Waals surface area contributed by atoms with E-state index >= 15 is 0 Å². The molecular weight excluding hydrogens is 326 g/mol. The van der Waals surface area contributed by atoms with E-state index in [2.05, 4.69) is 22.3 Å². The van der Waals surface area contributed by atoms with Crippen molar-refractivity contribution in [3.05, 3.63) is 65.7 Å². The van der Waals surface area contributed by atoms with Gasteiger partial charge in [0.2, 0.25) is 5.91 Å². The lowest BCUT2D eigenvalue weighted by atomic mass is 9.95. The second-order valence-electron chi connectivity index (χ2n) is 6.94. The summed E-state index contributed by atoms with van der Waals surface area (Å²) in [5.74, 6) is 0.115. The monoisotopic (exact) mass is 351 g/mol. The Kier molecular flexibility index (Phi) is 5.49. The van der Waals surface area contributed by atoms with Crippen LogP contribution in [0.25, 0.3) is 0 Å². The molecule has 5 heteroatoms. The van der Waals surface area contributed by atoms with E-state index in [-0.39, 0.29) is 29.7 Å². The zero-order valence-electron chi connectivity index (χ0n) is 15.2. The van der Waals surface area contributed by atoms with Crippen LogP contribution >= 0.6 is 0 Å². The average molecular weight is 351 g/mol. The maximum Gasteiger partial charge on any atom is 0.241 e. The first-order valence-electron chi connectivity index (χ1n) is 8.92. The second-order valence-corrected chi connectivity index (χ2v) is 6.94. The topological polar surface area (TPSA) is 75.4 Å². The first-order chi connectivity index (χ1) is 12.5. The van der Waals surface area contributed by atoms with Gasteiger partial charge in [-0.3, -0.25) is 14.5 Å². The van der Waals surface area contributed by atoms with Gasteiger partial charge in [-0.25, -0.2) is 0 Å². The van der Waals surface area contributed by atoms with Crippen molar-refractivity contribution in [3.63, 3.8) is 0 Å². The lowest BCUT2D eigenvalue weighted by molar-refractivity contribution is -0.120. The smallest absolute Gasteiger partial charge is 0.241 e. The lowest BCUT2D eigenvalue weighted by Gasteiger charge is -2.23. The van der Waals surface area contributed by atoms with Crippen LogP contribution in [0, 0.1) is 0 Å². The molecule has 1 heterocycles. The minimum absolute atomic E-state index is 0.00805. The summed E-state index contributed by atoms with van der Waals surface area (Å²) in [7, 11) is 0. The van der Waals surface area contributed by atoms with E-state index < -0.39 is 0 Å². The Morgan fingerprint density at radius 2 is 1.85 bits per heavy atom. The third-order valence-corrected chi connectivity index (χ3v) is 5.08. The molecule has 136 valence electrons. The van der Waals surface area contributed by atoms with E-state index in [4.69, 9.17) is 5.73 Å². The van der Waals surface area contributed by atoms with E-state index in [1.54, 1.807) is 24.3 Å². The number of carbonyl (C=O) groups is 2. The molecule has 3 N–H and O–H groups in total. The molecule has 1 aliphatic rings. The highest BCUT2D eigenvalue weighted by atomic mass is 16.2. The number of hydrogen-bond acceptors (Lipinski definition) is 4. The number of hydrogen-bond donors (Lipinski definition) is 2. The predicted molar refractivity (Wildman–Crippen MR) is 103 cm³/mol. The summed E-state index contributed by atoms with van der Waals surface area (Å²) in [5.41, 5.74) is 8.77. The number of benzene rings is 2. The molecule has 5 nitrogen and oxygen atoms in total. The summed E-state index contributed by atoms with van der Waals surface area (Å²) >= 11 is 0. The highest BCUT2D eigenvalue weighted by Gasteiger charge is 2.35. The number of anilines is 1. The summed E-state index contributed by atoms with van der Waals surface area (Å²) < 4.78 is 0. The zero-order valence-corrected chi connectivity index (χ0v) is 15.2. The summed E-state index contributed by atoms with van der Waals surface area (Å²) in [6, 6.07) is 16.9. The van der Waals surface area contributed by atoms with Crippen LogP contribution in [0.4, 0.5) is 5.69 Å². The minimum atomic E-state index is -0.296. The summed E-state index contributed by atoms with van der Waals surface area (Å²) in [6.45, 7) is 4.85. The highest BCUT2D eigenvalue weighted by Crippen LogP contribution is 2.28. The Morgan fingerprint density at radius 3 is 2.54 bits per heavy atom. The van der Waals surface area contributed by atoms with Gasteiger partial charge in [0, 0.05) is 36.3 Å². The number of ketones is 1. The minimum Gasteiger partial charge on any atom is -0.326 e. The molecule has 0 aliphatic carbocycles. The van der Waals surface area contributed by atoms with E-state index in [1.807, 2.05) is 25.1 Å². The fraction of sp³-hybridized carbons (Fsp3) is 0.333. The third-order valence-electron chi connectivity index (χ3n) is 5.08. The molecule has 1 unspecified atom stereocenters. The van der Waals surface area contributed by atoms with Gasteiger partial charge in [-0.2, -0.15) is 0 Å². The molecule has 1 aliphatic heterocycles. The Bertz CT molecular complexity index is 791. The number of likely N-dealkylation sites (tertiary alicyclic amines) is 1. The van der Waals surface area contributed by atoms with Gasteiger partial charge in [-0.1, -0.05) is 42.5 Å². The molecule has 26 heavy (non-hydrogen) atoms. The van der Waals surface area contributed by atoms with Gasteiger partial charge in [-0.05, 0) is 31.5 Å². The van der Waals surface area contributed by atoms with Gasteiger partial charge in [0.15, 0.2) is 5.78 Å². The molecule has 0 saturated carbocycles. The molecule has 0 radical (unpaired) electrons. The van der Waals surface area contributed by atoms with Crippen molar-refractivity contribution < 1.29 is 9.59 Å². The Hall–Kier alpha value is -2.50. The molecule has 1 saturated heterocycles. The van der Waals surface area contributed by atoms with Crippen LogP contribution in [0.15, 0.2) is 54.6 Å². The lowest BCUT2D eigenvalue weighted by Crippen LogP contribution is -2.41. The van der Waals surface area contributed by atoms with Crippen LogP contribution in [0.3, 0.4) is 0 Å². The van der Waals surface area contributed by atoms with Crippen LogP contribution in [0.1, 0.15) is 35.7 Å². The van der Waals surface area contributed by atoms with Crippen LogP contribution in [0.5, 0.6) is 0 Å². The van der Waals surface area contributed by atoms with E-state index in [0.29, 0.717) is 17.8 Å². The van der Waals surface area contributed by atoms with E-state index in [0.717, 1.165) is 6.54 Å². The van der Waals surface area contributed by atoms with Crippen molar-refractivity contribution in [2.24, 2.45) is 5.73 Å². The number of nitrogens with zero attached hydrogens (tertiary/aromatic N) is 1. The molecule has 2 aromatic rings. The summed E-state index contributed by atoms with van der Waals surface area (Å²) in [4.78, 5) is 26.3. The predicted octanol–water partition coefficient (Wildman–Crippen LogP) is 2.64. The first-order valence-corrected chi connectivity index (χ1v) is 8.92. The Morgan fingerprint density at radius 1 is 1.12 bits per heavy atom. The molecule has 0 aromatic heterocycles. The normalized spacial score (nSPS) is 21.3. The Balaban J connectivity index is 1.66. The quantitative estimate of drug-likeness (QED) is 0.812. The number of nitrogens with two attached hydrogens (primary N) is 1. The van der Waals surface area contributed by atoms with Gasteiger partial charge in [0.05, 0.1) is 6.04 Å². The van der Waals surface area contributed by atoms with Crippen LogP contribution in [0.2, 0.25) is 0 Å². The van der Waals surface area contributed by atoms with Crippen molar-refractivity contribution >= 4 is 17.4 Å². The number of rotatable bonds is 5. The molecular formula is C21H25N3O2. The van der Waals surface area contributed by atoms with Gasteiger partial charge in [0.1, 0.15) is 0 Å². The number of amides is 1. The van der Waals surface area contributed by atoms with Crippen molar-refractivity contribution in [1.29, 1.82) is 0 Å². The maximum atomic E-state index is 12.7. The second kappa shape index (κ2) is 7.81. The van der Waals surface area contributed by atoms with Crippen molar-refractivity contribution in [2.45, 2.75) is 31.8 Å².